The maximum absolute atomic E-state index is 13.1. The van der Waals surface area contributed by atoms with Gasteiger partial charge >= 0.3 is 0 Å². The molecule has 0 saturated carbocycles. The number of methoxy groups -OCH3 is 1. The number of ketones is 1. The van der Waals surface area contributed by atoms with E-state index in [9.17, 15) is 4.79 Å². The second kappa shape index (κ2) is 10.2. The number of ether oxygens (including phenoxy) is 1. The van der Waals surface area contributed by atoms with Crippen LogP contribution in [-0.2, 0) is 17.8 Å². The highest BCUT2D eigenvalue weighted by Crippen LogP contribution is 2.29. The molecule has 0 spiro atoms. The summed E-state index contributed by atoms with van der Waals surface area (Å²) in [5, 5.41) is 9.56. The number of rotatable bonds is 10. The van der Waals surface area contributed by atoms with Crippen LogP contribution in [0.25, 0.3) is 11.4 Å². The second-order valence-corrected chi connectivity index (χ2v) is 8.85. The number of carbonyl (C=O) groups is 1. The molecule has 0 unspecified atom stereocenters. The van der Waals surface area contributed by atoms with Gasteiger partial charge in [-0.2, -0.15) is 0 Å². The van der Waals surface area contributed by atoms with Gasteiger partial charge in [-0.15, -0.1) is 10.2 Å². The molecule has 1 aromatic carbocycles. The van der Waals surface area contributed by atoms with Crippen LogP contribution < -0.4 is 0 Å². The third-order valence-corrected chi connectivity index (χ3v) is 6.69. The Morgan fingerprint density at radius 2 is 1.88 bits per heavy atom. The molecule has 3 heterocycles. The van der Waals surface area contributed by atoms with E-state index in [0.717, 1.165) is 46.2 Å². The average Bonchev–Trinajstić information content (AvgIpc) is 3.49. The van der Waals surface area contributed by atoms with Crippen LogP contribution in [0.4, 0.5) is 0 Å². The van der Waals surface area contributed by atoms with Crippen molar-refractivity contribution in [3.63, 3.8) is 0 Å². The maximum Gasteiger partial charge on any atom is 0.192 e. The number of aromatic nitrogens is 4. The molecule has 0 aliphatic rings. The lowest BCUT2D eigenvalue weighted by Crippen LogP contribution is -2.10. The summed E-state index contributed by atoms with van der Waals surface area (Å²) in [5.74, 6) is 1.88. The van der Waals surface area contributed by atoms with Crippen LogP contribution >= 0.6 is 11.8 Å². The zero-order valence-corrected chi connectivity index (χ0v) is 20.2. The van der Waals surface area contributed by atoms with Gasteiger partial charge in [0, 0.05) is 30.6 Å². The quantitative estimate of drug-likeness (QED) is 0.245. The molecule has 0 amide bonds. The van der Waals surface area contributed by atoms with Gasteiger partial charge in [0.1, 0.15) is 5.76 Å². The molecule has 0 saturated heterocycles. The van der Waals surface area contributed by atoms with Gasteiger partial charge < -0.3 is 13.7 Å². The summed E-state index contributed by atoms with van der Waals surface area (Å²) < 4.78 is 14.9. The zero-order valence-electron chi connectivity index (χ0n) is 19.4. The first-order chi connectivity index (χ1) is 16.0. The van der Waals surface area contributed by atoms with E-state index >= 15 is 0 Å². The van der Waals surface area contributed by atoms with Crippen molar-refractivity contribution in [1.82, 2.24) is 19.3 Å². The summed E-state index contributed by atoms with van der Waals surface area (Å²) in [6, 6.07) is 14.0. The van der Waals surface area contributed by atoms with E-state index in [1.165, 1.54) is 11.8 Å². The highest BCUT2D eigenvalue weighted by Gasteiger charge is 2.21. The van der Waals surface area contributed by atoms with Gasteiger partial charge in [-0.3, -0.25) is 9.36 Å². The van der Waals surface area contributed by atoms with Crippen LogP contribution in [-0.4, -0.2) is 44.6 Å². The molecule has 33 heavy (non-hydrogen) atoms. The molecule has 0 atom stereocenters. The summed E-state index contributed by atoms with van der Waals surface area (Å²) in [6.45, 7) is 7.86. The predicted octanol–water partition coefficient (Wildman–Crippen LogP) is 4.93. The van der Waals surface area contributed by atoms with Crippen molar-refractivity contribution >= 4 is 17.5 Å². The number of nitrogens with zero attached hydrogens (tertiary/aromatic N) is 4. The molecule has 172 valence electrons. The maximum atomic E-state index is 13.1. The van der Waals surface area contributed by atoms with Gasteiger partial charge in [-0.05, 0) is 38.5 Å². The van der Waals surface area contributed by atoms with Gasteiger partial charge in [0.15, 0.2) is 16.8 Å². The third kappa shape index (κ3) is 4.96. The molecule has 0 fully saturated rings. The monoisotopic (exact) mass is 464 g/mol. The SMILES string of the molecule is COCCn1c(C)cc(C(=O)CSc2nnc(-c3ccoc3C)n2Cc2ccccc2)c1C. The number of furan rings is 1. The predicted molar refractivity (Wildman–Crippen MR) is 129 cm³/mol. The van der Waals surface area contributed by atoms with Crippen molar-refractivity contribution in [2.24, 2.45) is 0 Å². The summed E-state index contributed by atoms with van der Waals surface area (Å²) in [6.07, 6.45) is 1.65. The molecule has 7 nitrogen and oxygen atoms in total. The Kier molecular flexibility index (Phi) is 7.15. The van der Waals surface area contributed by atoms with Crippen LogP contribution in [0, 0.1) is 20.8 Å². The first-order valence-electron chi connectivity index (χ1n) is 10.8. The zero-order chi connectivity index (χ0) is 23.4. The molecule has 0 N–H and O–H groups in total. The second-order valence-electron chi connectivity index (χ2n) is 7.91. The molecule has 4 rings (SSSR count). The van der Waals surface area contributed by atoms with Crippen molar-refractivity contribution in [1.29, 1.82) is 0 Å². The third-order valence-electron chi connectivity index (χ3n) is 5.73. The van der Waals surface area contributed by atoms with Crippen molar-refractivity contribution in [3.8, 4) is 11.4 Å². The highest BCUT2D eigenvalue weighted by molar-refractivity contribution is 7.99. The molecule has 0 radical (unpaired) electrons. The van der Waals surface area contributed by atoms with Crippen LogP contribution in [0.5, 0.6) is 0 Å². The minimum absolute atomic E-state index is 0.0760. The van der Waals surface area contributed by atoms with E-state index in [1.54, 1.807) is 13.4 Å². The minimum Gasteiger partial charge on any atom is -0.469 e. The molecule has 4 aromatic rings. The number of Topliss-reactive ketones (excluding diaryl/α,β-unsaturated/α-hetero) is 1. The largest absolute Gasteiger partial charge is 0.469 e. The Balaban J connectivity index is 1.58. The van der Waals surface area contributed by atoms with E-state index in [-0.39, 0.29) is 11.5 Å². The summed E-state index contributed by atoms with van der Waals surface area (Å²) in [5.41, 5.74) is 4.81. The lowest BCUT2D eigenvalue weighted by atomic mass is 10.2. The number of aryl methyl sites for hydroxylation is 2. The van der Waals surface area contributed by atoms with E-state index in [1.807, 2.05) is 55.7 Å². The molecular formula is C25H28N4O3S. The van der Waals surface area contributed by atoms with Crippen LogP contribution in [0.15, 0.2) is 58.3 Å². The van der Waals surface area contributed by atoms with Crippen LogP contribution in [0.1, 0.15) is 33.1 Å². The first kappa shape index (κ1) is 23.1. The molecule has 0 bridgehead atoms. The molecule has 0 aliphatic heterocycles. The number of hydrogen-bond donors (Lipinski definition) is 0. The summed E-state index contributed by atoms with van der Waals surface area (Å²) in [7, 11) is 1.68. The summed E-state index contributed by atoms with van der Waals surface area (Å²) >= 11 is 1.41. The van der Waals surface area contributed by atoms with Gasteiger partial charge in [-0.25, -0.2) is 0 Å². The van der Waals surface area contributed by atoms with Crippen LogP contribution in [0.3, 0.4) is 0 Å². The highest BCUT2D eigenvalue weighted by atomic mass is 32.2. The van der Waals surface area contributed by atoms with Crippen molar-refractivity contribution in [2.45, 2.75) is 39.0 Å². The van der Waals surface area contributed by atoms with E-state index in [4.69, 9.17) is 9.15 Å². The minimum atomic E-state index is 0.0760. The average molecular weight is 465 g/mol. The van der Waals surface area contributed by atoms with E-state index < -0.39 is 0 Å². The van der Waals surface area contributed by atoms with Crippen LogP contribution in [0.2, 0.25) is 0 Å². The van der Waals surface area contributed by atoms with Gasteiger partial charge in [0.25, 0.3) is 0 Å². The smallest absolute Gasteiger partial charge is 0.192 e. The Labute approximate surface area is 197 Å². The Morgan fingerprint density at radius 1 is 1.09 bits per heavy atom. The normalized spacial score (nSPS) is 11.3. The standard InChI is InChI=1S/C25H28N4O3S/c1-17-14-22(18(2)28(17)11-13-31-4)23(30)16-33-25-27-26-24(21-10-12-32-19(21)3)29(25)15-20-8-6-5-7-9-20/h5-10,12,14H,11,13,15-16H2,1-4H3. The van der Waals surface area contributed by atoms with Crippen molar-refractivity contribution in [2.75, 3.05) is 19.5 Å². The number of benzene rings is 1. The van der Waals surface area contributed by atoms with Crippen molar-refractivity contribution in [3.05, 3.63) is 77.0 Å². The topological polar surface area (TPSA) is 75.1 Å². The lowest BCUT2D eigenvalue weighted by molar-refractivity contribution is 0.102. The van der Waals surface area contributed by atoms with E-state index in [2.05, 4.69) is 26.9 Å². The molecule has 0 aliphatic carbocycles. The Bertz CT molecular complexity index is 1240. The van der Waals surface area contributed by atoms with Gasteiger partial charge in [-0.1, -0.05) is 42.1 Å². The first-order valence-corrected chi connectivity index (χ1v) is 11.8. The number of thioether (sulfide) groups is 1. The molecule has 3 aromatic heterocycles. The molecule has 8 heteroatoms. The number of carbonyl (C=O) groups excluding carboxylic acids is 1. The Morgan fingerprint density at radius 3 is 2.58 bits per heavy atom. The van der Waals surface area contributed by atoms with Gasteiger partial charge in [0.2, 0.25) is 0 Å². The lowest BCUT2D eigenvalue weighted by Gasteiger charge is -2.10. The number of hydrogen-bond acceptors (Lipinski definition) is 6. The fraction of sp³-hybridized carbons (Fsp3) is 0.320. The van der Waals surface area contributed by atoms with E-state index in [0.29, 0.717) is 18.3 Å². The Hall–Kier alpha value is -3.10. The van der Waals surface area contributed by atoms with Gasteiger partial charge in [0.05, 0.1) is 30.7 Å². The fourth-order valence-electron chi connectivity index (χ4n) is 3.94. The molecular weight excluding hydrogens is 436 g/mol. The van der Waals surface area contributed by atoms with Crippen molar-refractivity contribution < 1.29 is 13.9 Å². The summed E-state index contributed by atoms with van der Waals surface area (Å²) in [4.78, 5) is 13.1. The fourth-order valence-corrected chi connectivity index (χ4v) is 4.76.